The lowest BCUT2D eigenvalue weighted by molar-refractivity contribution is 0.00648. The van der Waals surface area contributed by atoms with E-state index in [2.05, 4.69) is 4.98 Å². The summed E-state index contributed by atoms with van der Waals surface area (Å²) >= 11 is 0. The fourth-order valence-electron chi connectivity index (χ4n) is 1.62. The normalized spacial score (nSPS) is 28.7. The van der Waals surface area contributed by atoms with Gasteiger partial charge in [-0.25, -0.2) is 0 Å². The van der Waals surface area contributed by atoms with Crippen LogP contribution in [0.3, 0.4) is 0 Å². The summed E-state index contributed by atoms with van der Waals surface area (Å²) in [7, 11) is 0. The zero-order chi connectivity index (χ0) is 9.10. The van der Waals surface area contributed by atoms with Gasteiger partial charge >= 0.3 is 0 Å². The fourth-order valence-corrected chi connectivity index (χ4v) is 1.62. The van der Waals surface area contributed by atoms with Crippen molar-refractivity contribution < 1.29 is 4.74 Å². The van der Waals surface area contributed by atoms with E-state index in [4.69, 9.17) is 10.5 Å². The second kappa shape index (κ2) is 3.85. The zero-order valence-electron chi connectivity index (χ0n) is 7.52. The number of rotatable bonds is 1. The summed E-state index contributed by atoms with van der Waals surface area (Å²) in [6.45, 7) is 0.765. The van der Waals surface area contributed by atoms with Crippen molar-refractivity contribution in [2.45, 2.75) is 25.0 Å². The van der Waals surface area contributed by atoms with Crippen LogP contribution >= 0.6 is 0 Å². The van der Waals surface area contributed by atoms with E-state index in [1.807, 2.05) is 18.3 Å². The summed E-state index contributed by atoms with van der Waals surface area (Å²) in [4.78, 5) is 4.06. The quantitative estimate of drug-likeness (QED) is 0.704. The average Bonchev–Trinajstić information content (AvgIpc) is 2.19. The number of hydrogen-bond donors (Lipinski definition) is 1. The molecular weight excluding hydrogens is 164 g/mol. The van der Waals surface area contributed by atoms with Crippen LogP contribution in [-0.4, -0.2) is 17.6 Å². The molecule has 2 rings (SSSR count). The summed E-state index contributed by atoms with van der Waals surface area (Å²) in [6, 6.07) is 4.24. The lowest BCUT2D eigenvalue weighted by Crippen LogP contribution is -2.30. The van der Waals surface area contributed by atoms with E-state index in [-0.39, 0.29) is 12.1 Å². The van der Waals surface area contributed by atoms with Crippen LogP contribution in [0.5, 0.6) is 0 Å². The van der Waals surface area contributed by atoms with Crippen molar-refractivity contribution in [3.05, 3.63) is 30.1 Å². The minimum absolute atomic E-state index is 0.150. The standard InChI is InChI=1S/C10H14N2O/c11-9-3-5-13-10(6-9)8-2-1-4-12-7-8/h1-2,4,7,9-10H,3,5-6,11H2/t9-,10-/m1/s1. The highest BCUT2D eigenvalue weighted by atomic mass is 16.5. The van der Waals surface area contributed by atoms with Gasteiger partial charge in [-0.15, -0.1) is 0 Å². The molecule has 3 heteroatoms. The Balaban J connectivity index is 2.08. The predicted molar refractivity (Wildman–Crippen MR) is 50.1 cm³/mol. The molecule has 0 bridgehead atoms. The van der Waals surface area contributed by atoms with Gasteiger partial charge in [-0.2, -0.15) is 0 Å². The fraction of sp³-hybridized carbons (Fsp3) is 0.500. The minimum atomic E-state index is 0.150. The first kappa shape index (κ1) is 8.66. The van der Waals surface area contributed by atoms with Crippen molar-refractivity contribution in [2.75, 3.05) is 6.61 Å². The van der Waals surface area contributed by atoms with Crippen molar-refractivity contribution in [1.29, 1.82) is 0 Å². The SMILES string of the molecule is N[C@@H]1CCO[C@@H](c2cccnc2)C1. The van der Waals surface area contributed by atoms with Crippen LogP contribution in [-0.2, 0) is 4.74 Å². The highest BCUT2D eigenvalue weighted by Crippen LogP contribution is 2.26. The van der Waals surface area contributed by atoms with Crippen molar-refractivity contribution >= 4 is 0 Å². The van der Waals surface area contributed by atoms with E-state index in [1.165, 1.54) is 0 Å². The van der Waals surface area contributed by atoms with Gasteiger partial charge in [-0.1, -0.05) is 6.07 Å². The molecule has 1 fully saturated rings. The first-order valence-electron chi connectivity index (χ1n) is 4.63. The van der Waals surface area contributed by atoms with Gasteiger partial charge in [0.1, 0.15) is 0 Å². The molecule has 3 nitrogen and oxygen atoms in total. The number of nitrogens with zero attached hydrogens (tertiary/aromatic N) is 1. The van der Waals surface area contributed by atoms with Gasteiger partial charge in [0.05, 0.1) is 6.10 Å². The number of aromatic nitrogens is 1. The Kier molecular flexibility index (Phi) is 2.57. The molecule has 2 N–H and O–H groups in total. The summed E-state index contributed by atoms with van der Waals surface area (Å²) in [5.74, 6) is 0. The van der Waals surface area contributed by atoms with Crippen LogP contribution in [0.4, 0.5) is 0 Å². The van der Waals surface area contributed by atoms with Gasteiger partial charge in [-0.05, 0) is 24.5 Å². The van der Waals surface area contributed by atoms with Gasteiger partial charge in [-0.3, -0.25) is 4.98 Å². The van der Waals surface area contributed by atoms with E-state index < -0.39 is 0 Å². The molecule has 1 saturated heterocycles. The third kappa shape index (κ3) is 2.05. The van der Waals surface area contributed by atoms with Gasteiger partial charge < -0.3 is 10.5 Å². The Morgan fingerprint density at radius 3 is 3.15 bits per heavy atom. The molecule has 0 unspecified atom stereocenters. The topological polar surface area (TPSA) is 48.1 Å². The first-order valence-corrected chi connectivity index (χ1v) is 4.63. The summed E-state index contributed by atoms with van der Waals surface area (Å²) in [5, 5.41) is 0. The Hall–Kier alpha value is -0.930. The van der Waals surface area contributed by atoms with Gasteiger partial charge in [0.15, 0.2) is 0 Å². The lowest BCUT2D eigenvalue weighted by atomic mass is 9.99. The van der Waals surface area contributed by atoms with E-state index in [0.29, 0.717) is 0 Å². The van der Waals surface area contributed by atoms with Crippen molar-refractivity contribution in [2.24, 2.45) is 5.73 Å². The largest absolute Gasteiger partial charge is 0.373 e. The van der Waals surface area contributed by atoms with Crippen LogP contribution < -0.4 is 5.73 Å². The summed E-state index contributed by atoms with van der Waals surface area (Å²) < 4.78 is 5.61. The van der Waals surface area contributed by atoms with Gasteiger partial charge in [0, 0.05) is 25.0 Å². The third-order valence-electron chi connectivity index (χ3n) is 2.38. The molecule has 1 aromatic rings. The molecule has 0 aliphatic carbocycles. The first-order chi connectivity index (χ1) is 6.36. The molecule has 2 atom stereocenters. The molecule has 1 aromatic heterocycles. The van der Waals surface area contributed by atoms with E-state index in [9.17, 15) is 0 Å². The molecular formula is C10H14N2O. The third-order valence-corrected chi connectivity index (χ3v) is 2.38. The Bertz CT molecular complexity index is 263. The van der Waals surface area contributed by atoms with Crippen molar-refractivity contribution in [3.8, 4) is 0 Å². The molecule has 0 saturated carbocycles. The molecule has 1 aliphatic rings. The van der Waals surface area contributed by atoms with Crippen LogP contribution in [0.2, 0.25) is 0 Å². The second-order valence-corrected chi connectivity index (χ2v) is 3.43. The monoisotopic (exact) mass is 178 g/mol. The molecule has 0 radical (unpaired) electrons. The number of hydrogen-bond acceptors (Lipinski definition) is 3. The summed E-state index contributed by atoms with van der Waals surface area (Å²) in [6.07, 6.45) is 5.65. The number of pyridine rings is 1. The Labute approximate surface area is 77.9 Å². The van der Waals surface area contributed by atoms with E-state index >= 15 is 0 Å². The van der Waals surface area contributed by atoms with Crippen molar-refractivity contribution in [1.82, 2.24) is 4.98 Å². The van der Waals surface area contributed by atoms with Crippen LogP contribution in [0.25, 0.3) is 0 Å². The van der Waals surface area contributed by atoms with E-state index in [0.717, 1.165) is 25.0 Å². The average molecular weight is 178 g/mol. The highest BCUT2D eigenvalue weighted by Gasteiger charge is 2.20. The maximum atomic E-state index is 5.86. The van der Waals surface area contributed by atoms with E-state index in [1.54, 1.807) is 6.20 Å². The predicted octanol–water partition coefficient (Wildman–Crippen LogP) is 1.26. The molecule has 0 spiro atoms. The lowest BCUT2D eigenvalue weighted by Gasteiger charge is -2.27. The smallest absolute Gasteiger partial charge is 0.0854 e. The Morgan fingerprint density at radius 2 is 2.46 bits per heavy atom. The number of ether oxygens (including phenoxy) is 1. The highest BCUT2D eigenvalue weighted by molar-refractivity contribution is 5.12. The maximum Gasteiger partial charge on any atom is 0.0854 e. The van der Waals surface area contributed by atoms with Crippen molar-refractivity contribution in [3.63, 3.8) is 0 Å². The van der Waals surface area contributed by atoms with Gasteiger partial charge in [0.25, 0.3) is 0 Å². The minimum Gasteiger partial charge on any atom is -0.373 e. The molecule has 70 valence electrons. The number of nitrogens with two attached hydrogens (primary N) is 1. The Morgan fingerprint density at radius 1 is 1.54 bits per heavy atom. The molecule has 2 heterocycles. The molecule has 0 amide bonds. The summed E-state index contributed by atoms with van der Waals surface area (Å²) in [5.41, 5.74) is 7.00. The van der Waals surface area contributed by atoms with Gasteiger partial charge in [0.2, 0.25) is 0 Å². The second-order valence-electron chi connectivity index (χ2n) is 3.43. The molecule has 1 aliphatic heterocycles. The van der Waals surface area contributed by atoms with Crippen LogP contribution in [0.1, 0.15) is 24.5 Å². The molecule has 0 aromatic carbocycles. The zero-order valence-corrected chi connectivity index (χ0v) is 7.52. The van der Waals surface area contributed by atoms with Crippen LogP contribution in [0.15, 0.2) is 24.5 Å². The molecule has 13 heavy (non-hydrogen) atoms. The maximum absolute atomic E-state index is 5.86. The van der Waals surface area contributed by atoms with Crippen LogP contribution in [0, 0.1) is 0 Å².